The summed E-state index contributed by atoms with van der Waals surface area (Å²) in [7, 11) is 3.55. The van der Waals surface area contributed by atoms with Crippen LogP contribution in [0.25, 0.3) is 16.5 Å². The SMILES string of the molecule is C=C(C(=O)c1ccc(OC)cc1)c1cc2ccccc2n1C. The quantitative estimate of drug-likeness (QED) is 0.535. The fraction of sp³-hybridized carbons (Fsp3) is 0.105. The first kappa shape index (κ1) is 14.1. The van der Waals surface area contributed by atoms with Crippen LogP contribution in [-0.4, -0.2) is 17.5 Å². The van der Waals surface area contributed by atoms with Crippen LogP contribution in [0.15, 0.2) is 61.2 Å². The number of methoxy groups -OCH3 is 1. The van der Waals surface area contributed by atoms with Gasteiger partial charge in [-0.15, -0.1) is 0 Å². The van der Waals surface area contributed by atoms with Crippen LogP contribution < -0.4 is 4.74 Å². The molecule has 0 aliphatic rings. The first-order valence-corrected chi connectivity index (χ1v) is 7.04. The second-order valence-electron chi connectivity index (χ2n) is 5.18. The molecule has 110 valence electrons. The van der Waals surface area contributed by atoms with E-state index in [2.05, 4.69) is 6.58 Å². The second-order valence-corrected chi connectivity index (χ2v) is 5.18. The number of hydrogen-bond acceptors (Lipinski definition) is 2. The van der Waals surface area contributed by atoms with Crippen LogP contribution >= 0.6 is 0 Å². The Hall–Kier alpha value is -2.81. The Morgan fingerprint density at radius 1 is 1.09 bits per heavy atom. The minimum Gasteiger partial charge on any atom is -0.497 e. The highest BCUT2D eigenvalue weighted by Crippen LogP contribution is 2.26. The van der Waals surface area contributed by atoms with Crippen LogP contribution in [0.2, 0.25) is 0 Å². The van der Waals surface area contributed by atoms with Gasteiger partial charge in [0, 0.05) is 29.1 Å². The Kier molecular flexibility index (Phi) is 3.55. The Morgan fingerprint density at radius 3 is 2.41 bits per heavy atom. The third-order valence-corrected chi connectivity index (χ3v) is 3.89. The first-order chi connectivity index (χ1) is 10.6. The Morgan fingerprint density at radius 2 is 1.77 bits per heavy atom. The van der Waals surface area contributed by atoms with E-state index in [1.807, 2.05) is 41.9 Å². The highest BCUT2D eigenvalue weighted by Gasteiger charge is 2.16. The third kappa shape index (κ3) is 2.31. The molecule has 0 atom stereocenters. The number of benzene rings is 2. The minimum absolute atomic E-state index is 0.0754. The zero-order valence-corrected chi connectivity index (χ0v) is 12.7. The Labute approximate surface area is 129 Å². The molecular weight excluding hydrogens is 274 g/mol. The van der Waals surface area contributed by atoms with Crippen molar-refractivity contribution in [3.05, 3.63) is 72.4 Å². The van der Waals surface area contributed by atoms with Gasteiger partial charge < -0.3 is 9.30 Å². The van der Waals surface area contributed by atoms with Crippen molar-refractivity contribution in [2.75, 3.05) is 7.11 Å². The summed E-state index contributed by atoms with van der Waals surface area (Å²) in [5.41, 5.74) is 3.02. The highest BCUT2D eigenvalue weighted by atomic mass is 16.5. The van der Waals surface area contributed by atoms with E-state index >= 15 is 0 Å². The van der Waals surface area contributed by atoms with Crippen LogP contribution in [0.1, 0.15) is 16.1 Å². The van der Waals surface area contributed by atoms with E-state index in [-0.39, 0.29) is 5.78 Å². The molecule has 1 aromatic heterocycles. The molecule has 0 unspecified atom stereocenters. The largest absolute Gasteiger partial charge is 0.497 e. The maximum Gasteiger partial charge on any atom is 0.194 e. The Balaban J connectivity index is 1.97. The number of rotatable bonds is 4. The van der Waals surface area contributed by atoms with Gasteiger partial charge in [-0.1, -0.05) is 24.8 Å². The molecule has 0 N–H and O–H groups in total. The molecule has 0 aliphatic carbocycles. The number of fused-ring (bicyclic) bond motifs is 1. The molecule has 22 heavy (non-hydrogen) atoms. The summed E-state index contributed by atoms with van der Waals surface area (Å²) in [4.78, 5) is 12.6. The predicted molar refractivity (Wildman–Crippen MR) is 89.3 cm³/mol. The lowest BCUT2D eigenvalue weighted by molar-refractivity contribution is 0.105. The molecule has 3 heteroatoms. The second kappa shape index (κ2) is 5.53. The van der Waals surface area contributed by atoms with Gasteiger partial charge in [-0.2, -0.15) is 0 Å². The monoisotopic (exact) mass is 291 g/mol. The number of aromatic nitrogens is 1. The summed E-state index contributed by atoms with van der Waals surface area (Å²) < 4.78 is 7.11. The van der Waals surface area contributed by atoms with Crippen molar-refractivity contribution in [1.29, 1.82) is 0 Å². The van der Waals surface area contributed by atoms with Crippen LogP contribution in [-0.2, 0) is 7.05 Å². The lowest BCUT2D eigenvalue weighted by Crippen LogP contribution is -2.05. The van der Waals surface area contributed by atoms with Crippen molar-refractivity contribution in [1.82, 2.24) is 4.57 Å². The average Bonchev–Trinajstić information content (AvgIpc) is 2.91. The van der Waals surface area contributed by atoms with Gasteiger partial charge in [-0.3, -0.25) is 4.79 Å². The highest BCUT2D eigenvalue weighted by molar-refractivity contribution is 6.28. The fourth-order valence-electron chi connectivity index (χ4n) is 2.61. The molecule has 0 saturated carbocycles. The predicted octanol–water partition coefficient (Wildman–Crippen LogP) is 4.08. The molecule has 0 bridgehead atoms. The van der Waals surface area contributed by atoms with E-state index in [4.69, 9.17) is 4.74 Å². The number of para-hydroxylation sites is 1. The maximum atomic E-state index is 12.6. The normalized spacial score (nSPS) is 10.6. The first-order valence-electron chi connectivity index (χ1n) is 7.04. The molecule has 3 rings (SSSR count). The number of Topliss-reactive ketones (excluding diaryl/α,β-unsaturated/α-hetero) is 1. The van der Waals surface area contributed by atoms with Crippen molar-refractivity contribution >= 4 is 22.3 Å². The molecule has 0 amide bonds. The summed E-state index contributed by atoms with van der Waals surface area (Å²) >= 11 is 0. The molecule has 0 spiro atoms. The number of hydrogen-bond donors (Lipinski definition) is 0. The van der Waals surface area contributed by atoms with Gasteiger partial charge in [0.2, 0.25) is 0 Å². The topological polar surface area (TPSA) is 31.2 Å². The van der Waals surface area contributed by atoms with E-state index in [0.29, 0.717) is 11.1 Å². The molecule has 1 heterocycles. The van der Waals surface area contributed by atoms with Gasteiger partial charge in [0.1, 0.15) is 5.75 Å². The van der Waals surface area contributed by atoms with Crippen LogP contribution in [0.5, 0.6) is 5.75 Å². The molecule has 3 nitrogen and oxygen atoms in total. The number of carbonyl (C=O) groups excluding carboxylic acids is 1. The Bertz CT molecular complexity index is 857. The summed E-state index contributed by atoms with van der Waals surface area (Å²) in [6.07, 6.45) is 0. The fourth-order valence-corrected chi connectivity index (χ4v) is 2.61. The van der Waals surface area contributed by atoms with Crippen molar-refractivity contribution in [2.24, 2.45) is 7.05 Å². The minimum atomic E-state index is -0.0754. The molecule has 0 aliphatic heterocycles. The summed E-state index contributed by atoms with van der Waals surface area (Å²) in [6.45, 7) is 4.00. The standard InChI is InChI=1S/C19H17NO2/c1-13(19(21)14-8-10-16(22-3)11-9-14)18-12-15-6-4-5-7-17(15)20(18)2/h4-12H,1H2,2-3H3. The van der Waals surface area contributed by atoms with E-state index in [1.165, 1.54) is 0 Å². The summed E-state index contributed by atoms with van der Waals surface area (Å²) in [5.74, 6) is 0.653. The van der Waals surface area contributed by atoms with Gasteiger partial charge in [-0.05, 0) is 36.4 Å². The van der Waals surface area contributed by atoms with Crippen molar-refractivity contribution in [3.63, 3.8) is 0 Å². The van der Waals surface area contributed by atoms with Gasteiger partial charge >= 0.3 is 0 Å². The number of ketones is 1. The number of carbonyl (C=O) groups is 1. The zero-order chi connectivity index (χ0) is 15.7. The van der Waals surface area contributed by atoms with Gasteiger partial charge in [0.25, 0.3) is 0 Å². The van der Waals surface area contributed by atoms with Crippen molar-refractivity contribution in [2.45, 2.75) is 0 Å². The smallest absolute Gasteiger partial charge is 0.194 e. The molecule has 2 aromatic carbocycles. The lowest BCUT2D eigenvalue weighted by Gasteiger charge is -2.08. The van der Waals surface area contributed by atoms with Gasteiger partial charge in [0.05, 0.1) is 12.8 Å². The molecule has 0 radical (unpaired) electrons. The van der Waals surface area contributed by atoms with E-state index in [1.54, 1.807) is 31.4 Å². The molecular formula is C19H17NO2. The van der Waals surface area contributed by atoms with Crippen LogP contribution in [0, 0.1) is 0 Å². The van der Waals surface area contributed by atoms with Gasteiger partial charge in [0.15, 0.2) is 5.78 Å². The lowest BCUT2D eigenvalue weighted by atomic mass is 10.0. The number of ether oxygens (including phenoxy) is 1. The molecule has 0 saturated heterocycles. The van der Waals surface area contributed by atoms with E-state index in [9.17, 15) is 4.79 Å². The summed E-state index contributed by atoms with van der Waals surface area (Å²) in [5, 5.41) is 1.10. The number of nitrogens with zero attached hydrogens (tertiary/aromatic N) is 1. The van der Waals surface area contributed by atoms with Crippen LogP contribution in [0.4, 0.5) is 0 Å². The van der Waals surface area contributed by atoms with E-state index in [0.717, 1.165) is 22.3 Å². The number of allylic oxidation sites excluding steroid dienone is 1. The molecule has 0 fully saturated rings. The van der Waals surface area contributed by atoms with Crippen molar-refractivity contribution in [3.8, 4) is 5.75 Å². The maximum absolute atomic E-state index is 12.6. The summed E-state index contributed by atoms with van der Waals surface area (Å²) in [6, 6.07) is 17.1. The third-order valence-electron chi connectivity index (χ3n) is 3.89. The number of aryl methyl sites for hydroxylation is 1. The van der Waals surface area contributed by atoms with Crippen LogP contribution in [0.3, 0.4) is 0 Å². The van der Waals surface area contributed by atoms with E-state index < -0.39 is 0 Å². The average molecular weight is 291 g/mol. The van der Waals surface area contributed by atoms with Gasteiger partial charge in [-0.25, -0.2) is 0 Å². The molecule has 3 aromatic rings. The zero-order valence-electron chi connectivity index (χ0n) is 12.7. The van der Waals surface area contributed by atoms with Crippen molar-refractivity contribution < 1.29 is 9.53 Å².